The summed E-state index contributed by atoms with van der Waals surface area (Å²) in [6.07, 6.45) is 1.80. The lowest BCUT2D eigenvalue weighted by molar-refractivity contribution is 0.680. The summed E-state index contributed by atoms with van der Waals surface area (Å²) in [6.45, 7) is 3.55. The van der Waals surface area contributed by atoms with Crippen LogP contribution in [0.25, 0.3) is 0 Å². The van der Waals surface area contributed by atoms with Gasteiger partial charge >= 0.3 is 0 Å². The summed E-state index contributed by atoms with van der Waals surface area (Å²) in [7, 11) is 0. The van der Waals surface area contributed by atoms with Crippen LogP contribution < -0.4 is 5.32 Å². The zero-order valence-electron chi connectivity index (χ0n) is 9.78. The molecule has 0 aliphatic carbocycles. The first-order valence-electron chi connectivity index (χ1n) is 5.61. The first-order chi connectivity index (χ1) is 8.25. The van der Waals surface area contributed by atoms with Crippen molar-refractivity contribution in [3.63, 3.8) is 0 Å². The zero-order chi connectivity index (χ0) is 12.1. The van der Waals surface area contributed by atoms with Crippen molar-refractivity contribution in [2.45, 2.75) is 20.0 Å². The van der Waals surface area contributed by atoms with Crippen molar-refractivity contribution in [1.29, 1.82) is 0 Å². The van der Waals surface area contributed by atoms with Gasteiger partial charge in [-0.05, 0) is 36.2 Å². The Kier molecular flexibility index (Phi) is 4.13. The van der Waals surface area contributed by atoms with Crippen LogP contribution in [0.4, 0.5) is 0 Å². The normalized spacial score (nSPS) is 10.5. The average Bonchev–Trinajstić information content (AvgIpc) is 2.33. The van der Waals surface area contributed by atoms with Gasteiger partial charge in [0.25, 0.3) is 0 Å². The fraction of sp³-hybridized carbons (Fsp3) is 0.214. The summed E-state index contributed by atoms with van der Waals surface area (Å²) in [4.78, 5) is 4.25. The number of aryl methyl sites for hydroxylation is 1. The summed E-state index contributed by atoms with van der Waals surface area (Å²) in [5, 5.41) is 4.15. The molecule has 0 unspecified atom stereocenters. The molecule has 88 valence electrons. The highest BCUT2D eigenvalue weighted by molar-refractivity contribution is 6.31. The Balaban J connectivity index is 1.90. The third-order valence-corrected chi connectivity index (χ3v) is 2.91. The molecule has 0 radical (unpaired) electrons. The minimum atomic E-state index is 0.755. The monoisotopic (exact) mass is 246 g/mol. The molecule has 2 rings (SSSR count). The molecule has 3 heteroatoms. The van der Waals surface area contributed by atoms with Gasteiger partial charge in [0.1, 0.15) is 0 Å². The fourth-order valence-electron chi connectivity index (χ4n) is 1.62. The molecule has 0 saturated carbocycles. The molecule has 0 atom stereocenters. The molecular weight excluding hydrogens is 232 g/mol. The molecule has 0 spiro atoms. The second kappa shape index (κ2) is 5.80. The highest BCUT2D eigenvalue weighted by atomic mass is 35.5. The Labute approximate surface area is 107 Å². The molecule has 1 aromatic carbocycles. The van der Waals surface area contributed by atoms with Crippen LogP contribution >= 0.6 is 11.6 Å². The summed E-state index contributed by atoms with van der Waals surface area (Å²) in [6, 6.07) is 12.0. The standard InChI is InChI=1S/C14H15ClN2/c1-11-5-6-12(14(15)8-11)9-16-10-13-4-2-3-7-17-13/h2-8,16H,9-10H2,1H3. The number of aromatic nitrogens is 1. The first-order valence-corrected chi connectivity index (χ1v) is 5.99. The van der Waals surface area contributed by atoms with E-state index in [1.54, 1.807) is 6.20 Å². The molecule has 1 heterocycles. The molecule has 0 amide bonds. The van der Waals surface area contributed by atoms with E-state index in [2.05, 4.69) is 22.4 Å². The van der Waals surface area contributed by atoms with Crippen LogP contribution in [-0.2, 0) is 13.1 Å². The van der Waals surface area contributed by atoms with E-state index < -0.39 is 0 Å². The minimum Gasteiger partial charge on any atom is -0.307 e. The maximum absolute atomic E-state index is 6.16. The van der Waals surface area contributed by atoms with E-state index in [-0.39, 0.29) is 0 Å². The predicted octanol–water partition coefficient (Wildman–Crippen LogP) is 3.33. The van der Waals surface area contributed by atoms with Crippen molar-refractivity contribution in [1.82, 2.24) is 10.3 Å². The molecule has 0 fully saturated rings. The van der Waals surface area contributed by atoms with Crippen LogP contribution in [0.3, 0.4) is 0 Å². The quantitative estimate of drug-likeness (QED) is 0.895. The van der Waals surface area contributed by atoms with Crippen molar-refractivity contribution in [3.8, 4) is 0 Å². The second-order valence-electron chi connectivity index (χ2n) is 4.02. The lowest BCUT2D eigenvalue weighted by Gasteiger charge is -2.07. The SMILES string of the molecule is Cc1ccc(CNCc2ccccn2)c(Cl)c1. The Morgan fingerprint density at radius 2 is 2.06 bits per heavy atom. The zero-order valence-corrected chi connectivity index (χ0v) is 10.5. The van der Waals surface area contributed by atoms with Crippen LogP contribution in [0.15, 0.2) is 42.6 Å². The van der Waals surface area contributed by atoms with Gasteiger partial charge in [0, 0.05) is 24.3 Å². The molecule has 17 heavy (non-hydrogen) atoms. The predicted molar refractivity (Wildman–Crippen MR) is 71.0 cm³/mol. The number of pyridine rings is 1. The van der Waals surface area contributed by atoms with Crippen molar-refractivity contribution in [2.75, 3.05) is 0 Å². The molecule has 0 aliphatic rings. The number of nitrogens with one attached hydrogen (secondary N) is 1. The Bertz CT molecular complexity index is 483. The lowest BCUT2D eigenvalue weighted by Crippen LogP contribution is -2.13. The molecule has 0 bridgehead atoms. The van der Waals surface area contributed by atoms with E-state index in [0.717, 1.165) is 29.4 Å². The molecule has 1 aromatic heterocycles. The van der Waals surface area contributed by atoms with Crippen molar-refractivity contribution in [3.05, 3.63) is 64.4 Å². The molecule has 1 N–H and O–H groups in total. The summed E-state index contributed by atoms with van der Waals surface area (Å²) in [5.41, 5.74) is 3.34. The van der Waals surface area contributed by atoms with Gasteiger partial charge in [-0.15, -0.1) is 0 Å². The molecule has 2 nitrogen and oxygen atoms in total. The highest BCUT2D eigenvalue weighted by Gasteiger charge is 2.00. The number of benzene rings is 1. The van der Waals surface area contributed by atoms with Crippen LogP contribution in [0, 0.1) is 6.92 Å². The van der Waals surface area contributed by atoms with Gasteiger partial charge in [0.15, 0.2) is 0 Å². The number of halogens is 1. The topological polar surface area (TPSA) is 24.9 Å². The highest BCUT2D eigenvalue weighted by Crippen LogP contribution is 2.17. The van der Waals surface area contributed by atoms with Gasteiger partial charge < -0.3 is 5.32 Å². The largest absolute Gasteiger partial charge is 0.307 e. The first kappa shape index (κ1) is 12.1. The molecule has 2 aromatic rings. The van der Waals surface area contributed by atoms with Crippen LogP contribution in [0.5, 0.6) is 0 Å². The van der Waals surface area contributed by atoms with Crippen LogP contribution in [-0.4, -0.2) is 4.98 Å². The van der Waals surface area contributed by atoms with Gasteiger partial charge in [-0.3, -0.25) is 4.98 Å². The van der Waals surface area contributed by atoms with Gasteiger partial charge in [0.2, 0.25) is 0 Å². The molecular formula is C14H15ClN2. The van der Waals surface area contributed by atoms with Crippen molar-refractivity contribution >= 4 is 11.6 Å². The number of nitrogens with zero attached hydrogens (tertiary/aromatic N) is 1. The van der Waals surface area contributed by atoms with E-state index >= 15 is 0 Å². The maximum Gasteiger partial charge on any atom is 0.0541 e. The average molecular weight is 247 g/mol. The second-order valence-corrected chi connectivity index (χ2v) is 4.43. The number of rotatable bonds is 4. The Morgan fingerprint density at radius 3 is 2.76 bits per heavy atom. The number of hydrogen-bond donors (Lipinski definition) is 1. The van der Waals surface area contributed by atoms with Crippen LogP contribution in [0.1, 0.15) is 16.8 Å². The third-order valence-electron chi connectivity index (χ3n) is 2.56. The summed E-state index contributed by atoms with van der Waals surface area (Å²) < 4.78 is 0. The molecule has 0 saturated heterocycles. The fourth-order valence-corrected chi connectivity index (χ4v) is 1.93. The smallest absolute Gasteiger partial charge is 0.0541 e. The van der Waals surface area contributed by atoms with Gasteiger partial charge in [0.05, 0.1) is 5.69 Å². The summed E-state index contributed by atoms with van der Waals surface area (Å²) in [5.74, 6) is 0. The van der Waals surface area contributed by atoms with Gasteiger partial charge in [-0.2, -0.15) is 0 Å². The maximum atomic E-state index is 6.16. The van der Waals surface area contributed by atoms with Crippen molar-refractivity contribution < 1.29 is 0 Å². The Hall–Kier alpha value is -1.38. The van der Waals surface area contributed by atoms with E-state index in [1.165, 1.54) is 5.56 Å². The van der Waals surface area contributed by atoms with E-state index in [4.69, 9.17) is 11.6 Å². The van der Waals surface area contributed by atoms with Gasteiger partial charge in [-0.1, -0.05) is 29.8 Å². The number of hydrogen-bond acceptors (Lipinski definition) is 2. The Morgan fingerprint density at radius 1 is 1.18 bits per heavy atom. The third kappa shape index (κ3) is 3.55. The summed E-state index contributed by atoms with van der Waals surface area (Å²) >= 11 is 6.16. The minimum absolute atomic E-state index is 0.755. The van der Waals surface area contributed by atoms with Crippen molar-refractivity contribution in [2.24, 2.45) is 0 Å². The lowest BCUT2D eigenvalue weighted by atomic mass is 10.1. The van der Waals surface area contributed by atoms with E-state index in [0.29, 0.717) is 0 Å². The van der Waals surface area contributed by atoms with E-state index in [9.17, 15) is 0 Å². The van der Waals surface area contributed by atoms with E-state index in [1.807, 2.05) is 31.2 Å². The molecule has 0 aliphatic heterocycles. The van der Waals surface area contributed by atoms with Crippen LogP contribution in [0.2, 0.25) is 5.02 Å². The van der Waals surface area contributed by atoms with Gasteiger partial charge in [-0.25, -0.2) is 0 Å².